The molecule has 0 unspecified atom stereocenters. The third kappa shape index (κ3) is 6.49. The van der Waals surface area contributed by atoms with E-state index >= 15 is 0 Å². The van der Waals surface area contributed by atoms with Crippen LogP contribution >= 0.6 is 0 Å². The molecule has 37 heavy (non-hydrogen) atoms. The molecule has 0 amide bonds. The number of carboxylic acids is 1. The van der Waals surface area contributed by atoms with E-state index in [4.69, 9.17) is 4.74 Å². The maximum Gasteiger partial charge on any atom is 0.306 e. The van der Waals surface area contributed by atoms with Crippen LogP contribution in [0.4, 0.5) is 16.2 Å². The van der Waals surface area contributed by atoms with E-state index in [1.165, 1.54) is 0 Å². The number of unbranched alkanes of at least 4 members (excludes halogenated alkanes) is 1. The van der Waals surface area contributed by atoms with Crippen LogP contribution in [0.5, 0.6) is 5.75 Å². The van der Waals surface area contributed by atoms with Crippen molar-refractivity contribution < 1.29 is 19.0 Å². The number of nitrogens with zero attached hydrogens (tertiary/aromatic N) is 6. The predicted octanol–water partition coefficient (Wildman–Crippen LogP) is 3.96. The Labute approximate surface area is 214 Å². The van der Waals surface area contributed by atoms with Crippen molar-refractivity contribution in [3.05, 3.63) is 35.5 Å². The minimum atomic E-state index is -0.766. The predicted molar refractivity (Wildman–Crippen MR) is 136 cm³/mol. The van der Waals surface area contributed by atoms with Gasteiger partial charge in [0.2, 0.25) is 5.95 Å². The van der Waals surface area contributed by atoms with E-state index in [1.54, 1.807) is 11.7 Å². The lowest BCUT2D eigenvalue weighted by Gasteiger charge is -2.27. The molecule has 0 aliphatic heterocycles. The van der Waals surface area contributed by atoms with E-state index in [0.29, 0.717) is 48.8 Å². The Bertz CT molecular complexity index is 1230. The van der Waals surface area contributed by atoms with Crippen LogP contribution in [0.15, 0.2) is 18.3 Å². The Morgan fingerprint density at radius 2 is 2.11 bits per heavy atom. The normalized spacial score (nSPS) is 17.4. The van der Waals surface area contributed by atoms with Gasteiger partial charge in [0.1, 0.15) is 11.4 Å². The molecule has 2 atom stereocenters. The molecule has 0 spiro atoms. The molecule has 0 aromatic carbocycles. The van der Waals surface area contributed by atoms with Crippen molar-refractivity contribution in [1.29, 1.82) is 0 Å². The van der Waals surface area contributed by atoms with Crippen LogP contribution in [0.3, 0.4) is 0 Å². The summed E-state index contributed by atoms with van der Waals surface area (Å²) in [7, 11) is 1.78. The number of halogens is 1. The molecule has 1 saturated carbocycles. The van der Waals surface area contributed by atoms with E-state index < -0.39 is 11.8 Å². The van der Waals surface area contributed by atoms with Gasteiger partial charge in [0, 0.05) is 13.6 Å². The molecule has 0 saturated heterocycles. The number of aromatic nitrogens is 6. The second-order valence-electron chi connectivity index (χ2n) is 9.25. The van der Waals surface area contributed by atoms with Crippen LogP contribution in [0, 0.1) is 18.7 Å². The lowest BCUT2D eigenvalue weighted by Crippen LogP contribution is -2.29. The van der Waals surface area contributed by atoms with Crippen molar-refractivity contribution in [2.75, 3.05) is 17.2 Å². The number of carbonyl (C=O) groups is 1. The smallest absolute Gasteiger partial charge is 0.306 e. The van der Waals surface area contributed by atoms with Gasteiger partial charge >= 0.3 is 5.97 Å². The van der Waals surface area contributed by atoms with Crippen LogP contribution in [0.2, 0.25) is 0 Å². The quantitative estimate of drug-likeness (QED) is 0.323. The van der Waals surface area contributed by atoms with Crippen LogP contribution in [-0.4, -0.2) is 53.7 Å². The molecule has 3 N–H and O–H groups in total. The van der Waals surface area contributed by atoms with Crippen molar-refractivity contribution in [1.82, 2.24) is 29.9 Å². The highest BCUT2D eigenvalue weighted by Gasteiger charge is 2.28. The third-order valence-electron chi connectivity index (χ3n) is 6.47. The molecule has 3 aromatic rings. The number of rotatable bonds is 11. The molecular formula is C25H33FN8O3. The average molecular weight is 513 g/mol. The minimum Gasteiger partial charge on any atom is -0.489 e. The minimum absolute atomic E-state index is 0.144. The van der Waals surface area contributed by atoms with Crippen molar-refractivity contribution in [3.63, 3.8) is 0 Å². The summed E-state index contributed by atoms with van der Waals surface area (Å²) in [5.74, 6) is -0.557. The number of aliphatic carboxylic acids is 1. The lowest BCUT2D eigenvalue weighted by atomic mass is 9.87. The van der Waals surface area contributed by atoms with Gasteiger partial charge in [-0.3, -0.25) is 4.79 Å². The third-order valence-corrected chi connectivity index (χ3v) is 6.47. The second kappa shape index (κ2) is 11.9. The zero-order valence-electron chi connectivity index (χ0n) is 21.4. The van der Waals surface area contributed by atoms with Crippen molar-refractivity contribution >= 4 is 17.7 Å². The number of hydrogen-bond donors (Lipinski definition) is 3. The molecular weight excluding hydrogens is 479 g/mol. The average Bonchev–Trinajstić information content (AvgIpc) is 3.26. The van der Waals surface area contributed by atoms with Gasteiger partial charge in [0.05, 0.1) is 41.8 Å². The van der Waals surface area contributed by atoms with E-state index in [9.17, 15) is 14.3 Å². The maximum atomic E-state index is 14.0. The van der Waals surface area contributed by atoms with Gasteiger partial charge < -0.3 is 20.5 Å². The summed E-state index contributed by atoms with van der Waals surface area (Å²) in [6.07, 6.45) is 5.74. The molecule has 3 heterocycles. The van der Waals surface area contributed by atoms with Gasteiger partial charge in [-0.25, -0.2) is 19.0 Å². The summed E-state index contributed by atoms with van der Waals surface area (Å²) in [5.41, 5.74) is 2.66. The molecule has 0 bridgehead atoms. The lowest BCUT2D eigenvalue weighted by molar-refractivity contribution is -0.143. The molecule has 4 rings (SSSR count). The van der Waals surface area contributed by atoms with Gasteiger partial charge in [-0.05, 0) is 51.2 Å². The Morgan fingerprint density at radius 1 is 1.27 bits per heavy atom. The first-order valence-electron chi connectivity index (χ1n) is 12.6. The summed E-state index contributed by atoms with van der Waals surface area (Å²) < 4.78 is 21.8. The summed E-state index contributed by atoms with van der Waals surface area (Å²) in [4.78, 5) is 24.3. The topological polar surface area (TPSA) is 140 Å². The van der Waals surface area contributed by atoms with E-state index in [1.807, 2.05) is 19.1 Å². The van der Waals surface area contributed by atoms with Gasteiger partial charge in [0.25, 0.3) is 0 Å². The molecule has 1 fully saturated rings. The van der Waals surface area contributed by atoms with Crippen molar-refractivity contribution in [2.24, 2.45) is 13.0 Å². The van der Waals surface area contributed by atoms with Gasteiger partial charge in [0.15, 0.2) is 11.6 Å². The molecule has 198 valence electrons. The molecule has 1 aliphatic rings. The Morgan fingerprint density at radius 3 is 2.86 bits per heavy atom. The second-order valence-corrected chi connectivity index (χ2v) is 9.25. The first kappa shape index (κ1) is 26.2. The largest absolute Gasteiger partial charge is 0.489 e. The summed E-state index contributed by atoms with van der Waals surface area (Å²) in [6, 6.07) is 3.66. The zero-order chi connectivity index (χ0) is 26.4. The number of carboxylic acid groups (broad SMARTS) is 1. The Hall–Kier alpha value is -3.83. The fraction of sp³-hybridized carbons (Fsp3) is 0.520. The van der Waals surface area contributed by atoms with E-state index in [0.717, 1.165) is 37.6 Å². The highest BCUT2D eigenvalue weighted by atomic mass is 19.1. The number of hydrogen-bond acceptors (Lipinski definition) is 9. The van der Waals surface area contributed by atoms with E-state index in [-0.39, 0.29) is 23.8 Å². The highest BCUT2D eigenvalue weighted by Crippen LogP contribution is 2.30. The number of ether oxygens (including phenoxy) is 1. The molecule has 11 nitrogen and oxygen atoms in total. The highest BCUT2D eigenvalue weighted by molar-refractivity contribution is 5.70. The van der Waals surface area contributed by atoms with Crippen molar-refractivity contribution in [3.8, 4) is 17.1 Å². The Balaban J connectivity index is 1.45. The monoisotopic (exact) mass is 512 g/mol. The molecule has 12 heteroatoms. The standard InChI is InChI=1S/C25H33FN8O3/c1-4-5-11-27-23-18(26)13-28-25(31-23)29-14-20-22(32-33-34(20)3)19-9-10-21(15(2)30-19)37-17-8-6-7-16(12-17)24(35)36/h9-10,13,16-17H,4-8,11-12,14H2,1-3H3,(H,35,36)(H2,27,28,29,31)/t16-,17-/m0/s1. The first-order chi connectivity index (χ1) is 17.9. The molecule has 3 aromatic heterocycles. The van der Waals surface area contributed by atoms with Crippen LogP contribution < -0.4 is 15.4 Å². The fourth-order valence-corrected chi connectivity index (χ4v) is 4.36. The summed E-state index contributed by atoms with van der Waals surface area (Å²) in [5, 5.41) is 23.9. The SMILES string of the molecule is CCCCNc1nc(NCc2c(-c3ccc(O[C@H]4CCC[C@H](C(=O)O)C4)c(C)n3)nnn2C)ncc1F. The van der Waals surface area contributed by atoms with Crippen molar-refractivity contribution in [2.45, 2.75) is 65.0 Å². The number of nitrogens with one attached hydrogen (secondary N) is 2. The zero-order valence-corrected chi connectivity index (χ0v) is 21.4. The van der Waals surface area contributed by atoms with E-state index in [2.05, 4.69) is 42.8 Å². The van der Waals surface area contributed by atoms with Crippen LogP contribution in [0.1, 0.15) is 56.8 Å². The molecule has 0 radical (unpaired) electrons. The maximum absolute atomic E-state index is 14.0. The summed E-state index contributed by atoms with van der Waals surface area (Å²) in [6.45, 7) is 4.85. The number of anilines is 2. The van der Waals surface area contributed by atoms with Gasteiger partial charge in [-0.2, -0.15) is 4.98 Å². The van der Waals surface area contributed by atoms with Crippen LogP contribution in [-0.2, 0) is 18.4 Å². The molecule has 1 aliphatic carbocycles. The fourth-order valence-electron chi connectivity index (χ4n) is 4.36. The first-order valence-corrected chi connectivity index (χ1v) is 12.6. The van der Waals surface area contributed by atoms with Crippen LogP contribution in [0.25, 0.3) is 11.4 Å². The summed E-state index contributed by atoms with van der Waals surface area (Å²) >= 11 is 0. The number of aryl methyl sites for hydroxylation is 2. The number of pyridine rings is 1. The van der Waals surface area contributed by atoms with Gasteiger partial charge in [-0.1, -0.05) is 18.6 Å². The Kier molecular flexibility index (Phi) is 8.47. The van der Waals surface area contributed by atoms with Gasteiger partial charge in [-0.15, -0.1) is 5.10 Å².